The fraction of sp³-hybridized carbons (Fsp3) is 0.267. The Kier molecular flexibility index (Phi) is 9.47. The normalized spacial score (nSPS) is 12.7. The first-order chi connectivity index (χ1) is 21.3. The molecule has 0 unspecified atom stereocenters. The monoisotopic (exact) mass is 629 g/mol. The molecule has 5 rings (SSSR count). The van der Waals surface area contributed by atoms with E-state index in [1.165, 1.54) is 41.3 Å². The number of hydrogen-bond donors (Lipinski definition) is 1. The largest absolute Gasteiger partial charge is 0.462 e. The average molecular weight is 630 g/mol. The number of ether oxygens (including phenoxy) is 1. The number of aromatic nitrogens is 4. The molecule has 1 amide bonds. The van der Waals surface area contributed by atoms with Crippen molar-refractivity contribution in [3.8, 4) is 17.5 Å². The Balaban J connectivity index is 1.50. The summed E-state index contributed by atoms with van der Waals surface area (Å²) in [7, 11) is 0. The number of esters is 1. The molecule has 3 heterocycles. The number of nitrogens with zero attached hydrogens (tertiary/aromatic N) is 6. The van der Waals surface area contributed by atoms with Gasteiger partial charge in [-0.15, -0.1) is 21.5 Å². The van der Waals surface area contributed by atoms with Gasteiger partial charge in [-0.2, -0.15) is 5.26 Å². The summed E-state index contributed by atoms with van der Waals surface area (Å²) in [5.41, 5.74) is 1.81. The maximum absolute atomic E-state index is 13.4. The zero-order valence-electron chi connectivity index (χ0n) is 23.9. The fourth-order valence-electron chi connectivity index (χ4n) is 4.86. The van der Waals surface area contributed by atoms with E-state index < -0.39 is 16.8 Å². The molecule has 12 nitrogen and oxygen atoms in total. The van der Waals surface area contributed by atoms with Gasteiger partial charge in [0.1, 0.15) is 16.6 Å². The number of nitrogens with one attached hydrogen (secondary N) is 1. The van der Waals surface area contributed by atoms with Crippen LogP contribution in [0.2, 0.25) is 0 Å². The zero-order chi connectivity index (χ0) is 31.2. The number of amides is 1. The summed E-state index contributed by atoms with van der Waals surface area (Å²) in [5.74, 6) is -0.631. The molecule has 0 radical (unpaired) electrons. The van der Waals surface area contributed by atoms with E-state index in [-0.39, 0.29) is 23.4 Å². The van der Waals surface area contributed by atoms with Crippen LogP contribution in [0.4, 0.5) is 10.7 Å². The number of hydrogen-bond acceptors (Lipinski definition) is 11. The molecule has 1 aliphatic rings. The smallest absolute Gasteiger partial charge is 0.341 e. The minimum Gasteiger partial charge on any atom is -0.462 e. The van der Waals surface area contributed by atoms with Gasteiger partial charge in [0, 0.05) is 46.4 Å². The van der Waals surface area contributed by atoms with Crippen LogP contribution in [0.25, 0.3) is 17.5 Å². The summed E-state index contributed by atoms with van der Waals surface area (Å²) in [6, 6.07) is 9.76. The molecule has 224 valence electrons. The number of carbonyl (C=O) groups is 2. The summed E-state index contributed by atoms with van der Waals surface area (Å²) < 4.78 is 7.16. The second-order valence-electron chi connectivity index (χ2n) is 9.63. The van der Waals surface area contributed by atoms with Crippen LogP contribution in [-0.4, -0.2) is 43.2 Å². The highest BCUT2D eigenvalue weighted by Crippen LogP contribution is 2.39. The van der Waals surface area contributed by atoms with Gasteiger partial charge in [0.2, 0.25) is 0 Å². The number of non-ortho nitro benzene ring substituents is 1. The van der Waals surface area contributed by atoms with Crippen LogP contribution >= 0.6 is 23.1 Å². The van der Waals surface area contributed by atoms with Gasteiger partial charge in [-0.3, -0.25) is 19.9 Å². The van der Waals surface area contributed by atoms with E-state index in [0.29, 0.717) is 39.4 Å². The highest BCUT2D eigenvalue weighted by atomic mass is 32.2. The predicted molar refractivity (Wildman–Crippen MR) is 165 cm³/mol. The number of anilines is 1. The Morgan fingerprint density at radius 1 is 1.20 bits per heavy atom. The molecular formula is C30H27N7O5S2. The lowest BCUT2D eigenvalue weighted by atomic mass is 9.95. The second-order valence-corrected chi connectivity index (χ2v) is 11.7. The van der Waals surface area contributed by atoms with E-state index in [0.717, 1.165) is 35.3 Å². The number of aryl methyl sites for hydroxylation is 1. The number of pyridine rings is 1. The Bertz CT molecular complexity index is 1810. The first kappa shape index (κ1) is 30.6. The number of nitro groups is 1. The molecule has 1 aliphatic carbocycles. The lowest BCUT2D eigenvalue weighted by Crippen LogP contribution is -2.16. The number of nitro benzene ring substituents is 1. The van der Waals surface area contributed by atoms with Crippen LogP contribution < -0.4 is 5.32 Å². The lowest BCUT2D eigenvalue weighted by molar-refractivity contribution is -0.384. The van der Waals surface area contributed by atoms with Crippen LogP contribution in [0.15, 0.2) is 58.4 Å². The van der Waals surface area contributed by atoms with Crippen molar-refractivity contribution in [3.63, 3.8) is 0 Å². The van der Waals surface area contributed by atoms with Crippen molar-refractivity contribution >= 4 is 51.7 Å². The Morgan fingerprint density at radius 3 is 2.68 bits per heavy atom. The quantitative estimate of drug-likeness (QED) is 0.0714. The summed E-state index contributed by atoms with van der Waals surface area (Å²) in [6.07, 6.45) is 8.03. The molecule has 44 heavy (non-hydrogen) atoms. The standard InChI is InChI=1S/C30H27N7O5S2/c1-3-36-26(18-11-13-32-14-12-18)34-35-30(36)44-23-10-9-21(37(40)41)16-19(23)15-20(17-31)27(38)33-28-25(29(39)42-4-2)22-7-5-6-8-24(22)43-28/h9-16H,3-8H2,1-2H3,(H,33,38)/b20-15-. The molecule has 0 fully saturated rings. The van der Waals surface area contributed by atoms with Gasteiger partial charge in [0.25, 0.3) is 11.6 Å². The molecule has 3 aromatic heterocycles. The number of fused-ring (bicyclic) bond motifs is 1. The van der Waals surface area contributed by atoms with Gasteiger partial charge >= 0.3 is 5.97 Å². The maximum Gasteiger partial charge on any atom is 0.341 e. The molecule has 0 aliphatic heterocycles. The molecule has 0 bridgehead atoms. The highest BCUT2D eigenvalue weighted by Gasteiger charge is 2.28. The van der Waals surface area contributed by atoms with Gasteiger partial charge in [-0.05, 0) is 86.7 Å². The van der Waals surface area contributed by atoms with E-state index in [2.05, 4.69) is 20.5 Å². The zero-order valence-corrected chi connectivity index (χ0v) is 25.5. The van der Waals surface area contributed by atoms with Gasteiger partial charge < -0.3 is 14.6 Å². The van der Waals surface area contributed by atoms with Crippen LogP contribution in [0.1, 0.15) is 53.1 Å². The number of thiophene rings is 1. The molecule has 0 atom stereocenters. The van der Waals surface area contributed by atoms with Crippen molar-refractivity contribution in [2.45, 2.75) is 56.1 Å². The van der Waals surface area contributed by atoms with Crippen molar-refractivity contribution in [1.82, 2.24) is 19.7 Å². The van der Waals surface area contributed by atoms with Crippen LogP contribution in [0.3, 0.4) is 0 Å². The molecule has 0 saturated heterocycles. The van der Waals surface area contributed by atoms with Gasteiger partial charge in [0.15, 0.2) is 11.0 Å². The molecule has 0 spiro atoms. The topological polar surface area (TPSA) is 166 Å². The third-order valence-corrected chi connectivity index (χ3v) is 9.20. The third-order valence-electron chi connectivity index (χ3n) is 6.92. The van der Waals surface area contributed by atoms with Crippen molar-refractivity contribution < 1.29 is 19.2 Å². The number of benzene rings is 1. The molecule has 1 aromatic carbocycles. The average Bonchev–Trinajstić information content (AvgIpc) is 3.61. The van der Waals surface area contributed by atoms with Crippen molar-refractivity contribution in [2.24, 2.45) is 0 Å². The highest BCUT2D eigenvalue weighted by molar-refractivity contribution is 7.99. The van der Waals surface area contributed by atoms with Gasteiger partial charge in [0.05, 0.1) is 17.1 Å². The van der Waals surface area contributed by atoms with Gasteiger partial charge in [-0.25, -0.2) is 4.79 Å². The first-order valence-electron chi connectivity index (χ1n) is 13.9. The molecule has 14 heteroatoms. The van der Waals surface area contributed by atoms with Crippen LogP contribution in [0, 0.1) is 21.4 Å². The fourth-order valence-corrected chi connectivity index (χ4v) is 7.11. The molecule has 1 N–H and O–H groups in total. The minimum atomic E-state index is -0.740. The third kappa shape index (κ3) is 6.38. The summed E-state index contributed by atoms with van der Waals surface area (Å²) >= 11 is 2.52. The number of nitriles is 1. The Hall–Kier alpha value is -4.87. The van der Waals surface area contributed by atoms with Crippen molar-refractivity contribution in [2.75, 3.05) is 11.9 Å². The lowest BCUT2D eigenvalue weighted by Gasteiger charge is -2.12. The number of carbonyl (C=O) groups excluding carboxylic acids is 2. The minimum absolute atomic E-state index is 0.184. The SMILES string of the molecule is CCOC(=O)c1c(NC(=O)/C(C#N)=C\c2cc([N+](=O)[O-])ccc2Sc2nnc(-c3ccncc3)n2CC)sc2c1CCCC2. The number of rotatable bonds is 10. The molecule has 4 aromatic rings. The van der Waals surface area contributed by atoms with E-state index in [9.17, 15) is 25.0 Å². The van der Waals surface area contributed by atoms with E-state index in [1.54, 1.807) is 25.4 Å². The molecule has 0 saturated carbocycles. The molecular weight excluding hydrogens is 603 g/mol. The van der Waals surface area contributed by atoms with Gasteiger partial charge in [-0.1, -0.05) is 0 Å². The van der Waals surface area contributed by atoms with E-state index >= 15 is 0 Å². The van der Waals surface area contributed by atoms with Crippen molar-refractivity contribution in [3.05, 3.63) is 80.0 Å². The van der Waals surface area contributed by atoms with Crippen molar-refractivity contribution in [1.29, 1.82) is 5.26 Å². The summed E-state index contributed by atoms with van der Waals surface area (Å²) in [5, 5.41) is 33.9. The Morgan fingerprint density at radius 2 is 1.98 bits per heavy atom. The summed E-state index contributed by atoms with van der Waals surface area (Å²) in [6.45, 7) is 4.39. The van der Waals surface area contributed by atoms with E-state index in [1.807, 2.05) is 29.7 Å². The maximum atomic E-state index is 13.4. The second kappa shape index (κ2) is 13.6. The first-order valence-corrected chi connectivity index (χ1v) is 15.5. The van der Waals surface area contributed by atoms with Crippen LogP contribution in [0.5, 0.6) is 0 Å². The van der Waals surface area contributed by atoms with Crippen LogP contribution in [-0.2, 0) is 28.9 Å². The Labute approximate surface area is 260 Å². The predicted octanol–water partition coefficient (Wildman–Crippen LogP) is 6.08. The summed E-state index contributed by atoms with van der Waals surface area (Å²) in [4.78, 5) is 42.9. The van der Waals surface area contributed by atoms with E-state index in [4.69, 9.17) is 4.74 Å².